The van der Waals surface area contributed by atoms with E-state index in [1.165, 1.54) is 5.56 Å². The van der Waals surface area contributed by atoms with Gasteiger partial charge in [-0.3, -0.25) is 9.59 Å². The lowest BCUT2D eigenvalue weighted by Crippen LogP contribution is -2.53. The number of benzene rings is 2. The molecule has 0 aromatic heterocycles. The molecule has 1 heterocycles. The number of nitrogens with one attached hydrogen (secondary N) is 1. The minimum atomic E-state index is -0.191. The molecular weight excluding hydrogens is 360 g/mol. The van der Waals surface area contributed by atoms with Gasteiger partial charge in [0.2, 0.25) is 11.8 Å². The Kier molecular flexibility index (Phi) is 5.79. The van der Waals surface area contributed by atoms with Crippen molar-refractivity contribution in [3.63, 3.8) is 0 Å². The van der Waals surface area contributed by atoms with Gasteiger partial charge in [-0.1, -0.05) is 60.7 Å². The average Bonchev–Trinajstić information content (AvgIpc) is 2.76. The fraction of sp³-hybridized carbons (Fsp3) is 0.360. The van der Waals surface area contributed by atoms with Crippen molar-refractivity contribution in [1.29, 1.82) is 0 Å². The van der Waals surface area contributed by atoms with Crippen LogP contribution in [0.1, 0.15) is 43.2 Å². The summed E-state index contributed by atoms with van der Waals surface area (Å²) in [5, 5.41) is 3.35. The first-order valence-electron chi connectivity index (χ1n) is 10.6. The summed E-state index contributed by atoms with van der Waals surface area (Å²) in [4.78, 5) is 27.2. The maximum absolute atomic E-state index is 12.9. The zero-order valence-electron chi connectivity index (χ0n) is 16.7. The van der Waals surface area contributed by atoms with Crippen molar-refractivity contribution in [2.24, 2.45) is 5.92 Å². The molecule has 2 fully saturated rings. The van der Waals surface area contributed by atoms with Crippen LogP contribution in [-0.2, 0) is 15.1 Å². The molecule has 4 nitrogen and oxygen atoms in total. The quantitative estimate of drug-likeness (QED) is 0.783. The van der Waals surface area contributed by atoms with Crippen LogP contribution in [0.5, 0.6) is 0 Å². The van der Waals surface area contributed by atoms with Gasteiger partial charge in [-0.25, -0.2) is 0 Å². The first kappa shape index (κ1) is 19.4. The van der Waals surface area contributed by atoms with Crippen LogP contribution in [0.4, 0.5) is 0 Å². The Bertz CT molecular complexity index is 864. The molecule has 1 saturated carbocycles. The molecule has 0 unspecified atom stereocenters. The van der Waals surface area contributed by atoms with Crippen LogP contribution in [0.3, 0.4) is 0 Å². The molecular formula is C25H28N2O2. The minimum absolute atomic E-state index is 0.0154. The van der Waals surface area contributed by atoms with Crippen molar-refractivity contribution in [3.8, 4) is 0 Å². The smallest absolute Gasteiger partial charge is 0.246 e. The summed E-state index contributed by atoms with van der Waals surface area (Å²) in [6.07, 6.45) is 8.09. The molecule has 2 aliphatic rings. The molecule has 1 aliphatic carbocycles. The number of amides is 2. The Morgan fingerprint density at radius 1 is 0.931 bits per heavy atom. The molecule has 2 amide bonds. The van der Waals surface area contributed by atoms with E-state index >= 15 is 0 Å². The van der Waals surface area contributed by atoms with Gasteiger partial charge in [-0.15, -0.1) is 0 Å². The highest BCUT2D eigenvalue weighted by molar-refractivity contribution is 5.92. The van der Waals surface area contributed by atoms with Crippen molar-refractivity contribution in [2.75, 3.05) is 13.1 Å². The van der Waals surface area contributed by atoms with Gasteiger partial charge < -0.3 is 10.2 Å². The van der Waals surface area contributed by atoms with Gasteiger partial charge in [-0.2, -0.15) is 0 Å². The molecule has 4 heteroatoms. The number of piperidine rings is 1. The molecule has 150 valence electrons. The summed E-state index contributed by atoms with van der Waals surface area (Å²) in [5.74, 6) is 0.145. The second-order valence-corrected chi connectivity index (χ2v) is 8.13. The number of hydrogen-bond acceptors (Lipinski definition) is 2. The Labute approximate surface area is 172 Å². The van der Waals surface area contributed by atoms with Crippen molar-refractivity contribution >= 4 is 17.9 Å². The SMILES string of the molecule is O=C(NC1(c2ccccc2)CCC1)C1CCN(C(=O)/C=C/c2ccccc2)CC1. The number of carbonyl (C=O) groups is 2. The monoisotopic (exact) mass is 388 g/mol. The number of nitrogens with zero attached hydrogens (tertiary/aromatic N) is 1. The van der Waals surface area contributed by atoms with E-state index in [9.17, 15) is 9.59 Å². The second-order valence-electron chi connectivity index (χ2n) is 8.13. The molecule has 0 bridgehead atoms. The van der Waals surface area contributed by atoms with Gasteiger partial charge >= 0.3 is 0 Å². The lowest BCUT2D eigenvalue weighted by molar-refractivity contribution is -0.134. The fourth-order valence-corrected chi connectivity index (χ4v) is 4.31. The molecule has 4 rings (SSSR count). The highest BCUT2D eigenvalue weighted by atomic mass is 16.2. The number of hydrogen-bond donors (Lipinski definition) is 1. The largest absolute Gasteiger partial charge is 0.346 e. The van der Waals surface area contributed by atoms with Gasteiger partial charge in [0.1, 0.15) is 0 Å². The summed E-state index contributed by atoms with van der Waals surface area (Å²) >= 11 is 0. The molecule has 2 aromatic rings. The maximum Gasteiger partial charge on any atom is 0.246 e. The van der Waals surface area contributed by atoms with E-state index in [1.54, 1.807) is 6.08 Å². The Morgan fingerprint density at radius 3 is 2.14 bits per heavy atom. The van der Waals surface area contributed by atoms with Crippen LogP contribution in [-0.4, -0.2) is 29.8 Å². The minimum Gasteiger partial charge on any atom is -0.346 e. The van der Waals surface area contributed by atoms with Crippen LogP contribution in [0, 0.1) is 5.92 Å². The third-order valence-corrected chi connectivity index (χ3v) is 6.29. The van der Waals surface area contributed by atoms with E-state index < -0.39 is 0 Å². The van der Waals surface area contributed by atoms with Crippen molar-refractivity contribution in [3.05, 3.63) is 77.9 Å². The molecule has 0 spiro atoms. The summed E-state index contributed by atoms with van der Waals surface area (Å²) in [7, 11) is 0. The molecule has 1 saturated heterocycles. The molecule has 2 aromatic carbocycles. The molecule has 29 heavy (non-hydrogen) atoms. The highest BCUT2D eigenvalue weighted by Crippen LogP contribution is 2.41. The van der Waals surface area contributed by atoms with E-state index in [4.69, 9.17) is 0 Å². The van der Waals surface area contributed by atoms with Crippen LogP contribution >= 0.6 is 0 Å². The van der Waals surface area contributed by atoms with E-state index in [-0.39, 0.29) is 23.3 Å². The van der Waals surface area contributed by atoms with E-state index in [0.29, 0.717) is 13.1 Å². The van der Waals surface area contributed by atoms with Crippen LogP contribution in [0.2, 0.25) is 0 Å². The zero-order chi connectivity index (χ0) is 20.1. The number of likely N-dealkylation sites (tertiary alicyclic amines) is 1. The summed E-state index contributed by atoms with van der Waals surface area (Å²) in [5.41, 5.74) is 2.03. The second kappa shape index (κ2) is 8.64. The van der Waals surface area contributed by atoms with Crippen molar-refractivity contribution in [1.82, 2.24) is 10.2 Å². The number of carbonyl (C=O) groups excluding carboxylic acids is 2. The third kappa shape index (κ3) is 4.42. The lowest BCUT2D eigenvalue weighted by Gasteiger charge is -2.44. The molecule has 1 aliphatic heterocycles. The average molecular weight is 389 g/mol. The summed E-state index contributed by atoms with van der Waals surface area (Å²) < 4.78 is 0. The van der Waals surface area contributed by atoms with Gasteiger partial charge in [0.25, 0.3) is 0 Å². The van der Waals surface area contributed by atoms with E-state index in [1.807, 2.05) is 59.5 Å². The zero-order valence-corrected chi connectivity index (χ0v) is 16.7. The third-order valence-electron chi connectivity index (χ3n) is 6.29. The Balaban J connectivity index is 1.31. The first-order valence-corrected chi connectivity index (χ1v) is 10.6. The van der Waals surface area contributed by atoms with Crippen LogP contribution in [0.25, 0.3) is 6.08 Å². The van der Waals surface area contributed by atoms with Gasteiger partial charge in [0.15, 0.2) is 0 Å². The maximum atomic E-state index is 12.9. The number of rotatable bonds is 5. The van der Waals surface area contributed by atoms with E-state index in [0.717, 1.165) is 37.7 Å². The predicted molar refractivity (Wildman–Crippen MR) is 115 cm³/mol. The van der Waals surface area contributed by atoms with Crippen molar-refractivity contribution in [2.45, 2.75) is 37.6 Å². The Morgan fingerprint density at radius 2 is 1.55 bits per heavy atom. The van der Waals surface area contributed by atoms with Crippen LogP contribution in [0.15, 0.2) is 66.7 Å². The van der Waals surface area contributed by atoms with Crippen LogP contribution < -0.4 is 5.32 Å². The predicted octanol–water partition coefficient (Wildman–Crippen LogP) is 4.13. The van der Waals surface area contributed by atoms with Gasteiger partial charge in [0, 0.05) is 25.1 Å². The van der Waals surface area contributed by atoms with E-state index in [2.05, 4.69) is 17.4 Å². The topological polar surface area (TPSA) is 49.4 Å². The lowest BCUT2D eigenvalue weighted by atomic mass is 9.71. The van der Waals surface area contributed by atoms with Gasteiger partial charge in [-0.05, 0) is 49.3 Å². The fourth-order valence-electron chi connectivity index (χ4n) is 4.31. The summed E-state index contributed by atoms with van der Waals surface area (Å²) in [6, 6.07) is 20.1. The highest BCUT2D eigenvalue weighted by Gasteiger charge is 2.41. The van der Waals surface area contributed by atoms with Gasteiger partial charge in [0.05, 0.1) is 5.54 Å². The first-order chi connectivity index (χ1) is 14.2. The summed E-state index contributed by atoms with van der Waals surface area (Å²) in [6.45, 7) is 1.27. The normalized spacial score (nSPS) is 19.0. The molecule has 1 N–H and O–H groups in total. The standard InChI is InChI=1S/C25H28N2O2/c28-23(13-12-20-8-3-1-4-9-20)27-18-14-21(15-19-27)24(29)26-25(16-7-17-25)22-10-5-2-6-11-22/h1-6,8-13,21H,7,14-19H2,(H,26,29)/b13-12+. The molecule has 0 radical (unpaired) electrons. The molecule has 0 atom stereocenters. The van der Waals surface area contributed by atoms with Crippen molar-refractivity contribution < 1.29 is 9.59 Å². The Hall–Kier alpha value is -2.88.